The van der Waals surface area contributed by atoms with Crippen LogP contribution in [0.1, 0.15) is 28.0 Å². The number of hydrogen-bond acceptors (Lipinski definition) is 6. The Bertz CT molecular complexity index is 1340. The largest absolute Gasteiger partial charge is 0.419 e. The van der Waals surface area contributed by atoms with Crippen molar-refractivity contribution in [3.05, 3.63) is 47.0 Å². The van der Waals surface area contributed by atoms with Crippen LogP contribution in [0.5, 0.6) is 0 Å². The third kappa shape index (κ3) is 5.62. The second kappa shape index (κ2) is 10.5. The Balaban J connectivity index is 0.00000380. The first-order valence-electron chi connectivity index (χ1n) is 11.1. The van der Waals surface area contributed by atoms with Gasteiger partial charge < -0.3 is 15.1 Å². The van der Waals surface area contributed by atoms with E-state index < -0.39 is 29.5 Å². The van der Waals surface area contributed by atoms with Crippen LogP contribution in [-0.2, 0) is 13.2 Å². The topological polar surface area (TPSA) is 95.4 Å². The number of nitrogens with one attached hydrogen (secondary N) is 2. The lowest BCUT2D eigenvalue weighted by molar-refractivity contribution is -0.139. The maximum Gasteiger partial charge on any atom is 0.419 e. The summed E-state index contributed by atoms with van der Waals surface area (Å²) in [6.07, 6.45) is -2.73. The van der Waals surface area contributed by atoms with Crippen molar-refractivity contribution in [1.82, 2.24) is 25.0 Å². The molecule has 14 heteroatoms. The van der Waals surface area contributed by atoms with Gasteiger partial charge in [0.2, 0.25) is 0 Å². The van der Waals surface area contributed by atoms with Gasteiger partial charge in [-0.25, -0.2) is 14.2 Å². The number of aromatic nitrogens is 3. The van der Waals surface area contributed by atoms with Crippen molar-refractivity contribution in [3.63, 3.8) is 0 Å². The molecule has 2 N–H and O–H groups in total. The Morgan fingerprint density at radius 2 is 1.92 bits per heavy atom. The first-order valence-corrected chi connectivity index (χ1v) is 11.1. The van der Waals surface area contributed by atoms with Crippen LogP contribution in [0.3, 0.4) is 0 Å². The van der Waals surface area contributed by atoms with E-state index in [2.05, 4.69) is 25.6 Å². The van der Waals surface area contributed by atoms with Crippen molar-refractivity contribution in [2.24, 2.45) is 7.05 Å². The average molecular weight is 544 g/mol. The summed E-state index contributed by atoms with van der Waals surface area (Å²) in [5, 5.41) is 9.36. The molecule has 2 aromatic heterocycles. The highest BCUT2D eigenvalue weighted by Gasteiger charge is 2.34. The van der Waals surface area contributed by atoms with E-state index >= 15 is 0 Å². The molecular formula is C23H26ClF4N7O2. The number of fused-ring (bicyclic) bond motifs is 1. The molecule has 0 aliphatic carbocycles. The highest BCUT2D eigenvalue weighted by atomic mass is 35.5. The zero-order valence-electron chi connectivity index (χ0n) is 20.5. The first-order chi connectivity index (χ1) is 16.9. The van der Waals surface area contributed by atoms with Crippen LogP contribution in [0.4, 0.5) is 33.7 Å². The van der Waals surface area contributed by atoms with Gasteiger partial charge in [-0.05, 0) is 45.1 Å². The summed E-state index contributed by atoms with van der Waals surface area (Å²) in [4.78, 5) is 34.2. The first kappa shape index (κ1) is 28.1. The molecule has 200 valence electrons. The number of rotatable bonds is 4. The maximum atomic E-state index is 13.5. The number of imide groups is 1. The normalized spacial score (nSPS) is 15.9. The molecule has 1 aliphatic heterocycles. The van der Waals surface area contributed by atoms with Gasteiger partial charge in [-0.2, -0.15) is 18.3 Å². The summed E-state index contributed by atoms with van der Waals surface area (Å²) in [6, 6.07) is 1.05. The number of nitrogens with zero attached hydrogens (tertiary/aromatic N) is 5. The van der Waals surface area contributed by atoms with Crippen molar-refractivity contribution >= 4 is 46.8 Å². The fourth-order valence-electron chi connectivity index (χ4n) is 4.49. The minimum absolute atomic E-state index is 0. The van der Waals surface area contributed by atoms with Crippen LogP contribution in [0.25, 0.3) is 11.0 Å². The van der Waals surface area contributed by atoms with E-state index in [1.54, 1.807) is 18.7 Å². The smallest absolute Gasteiger partial charge is 0.369 e. The van der Waals surface area contributed by atoms with Crippen molar-refractivity contribution in [2.45, 2.75) is 25.6 Å². The maximum absolute atomic E-state index is 13.5. The SMILES string of the molecule is Cc1nn(C)c2ncc(C(=O)NC(=O)Nc3ccc(F)c(C(F)(F)F)c3)c(N(C)C3CCN(C)C3)c12.Cl. The van der Waals surface area contributed by atoms with E-state index in [4.69, 9.17) is 0 Å². The molecule has 1 aromatic carbocycles. The summed E-state index contributed by atoms with van der Waals surface area (Å²) >= 11 is 0. The van der Waals surface area contributed by atoms with E-state index in [0.29, 0.717) is 34.5 Å². The van der Waals surface area contributed by atoms with Gasteiger partial charge in [0.05, 0.1) is 27.9 Å². The number of urea groups is 1. The molecule has 1 unspecified atom stereocenters. The standard InChI is InChI=1S/C23H25F4N7O2.ClH/c1-12-18-19(33(3)14-7-8-32(2)11-14)15(10-28-20(18)34(4)31-12)21(35)30-22(36)29-13-5-6-17(24)16(9-13)23(25,26)27;/h5-6,9-10,14H,7-8,11H2,1-4H3,(H2,29,30,35,36);1H. The number of carbonyl (C=O) groups is 2. The predicted octanol–water partition coefficient (Wildman–Crippen LogP) is 3.96. The molecule has 1 fully saturated rings. The van der Waals surface area contributed by atoms with Crippen LogP contribution >= 0.6 is 12.4 Å². The van der Waals surface area contributed by atoms with E-state index in [1.165, 1.54) is 6.20 Å². The molecule has 1 atom stereocenters. The van der Waals surface area contributed by atoms with Gasteiger partial charge in [0, 0.05) is 38.6 Å². The number of aryl methyl sites for hydroxylation is 2. The van der Waals surface area contributed by atoms with Gasteiger partial charge in [-0.15, -0.1) is 12.4 Å². The number of halogens is 5. The average Bonchev–Trinajstić information content (AvgIpc) is 3.35. The van der Waals surface area contributed by atoms with Gasteiger partial charge in [0.15, 0.2) is 5.65 Å². The monoisotopic (exact) mass is 543 g/mol. The van der Waals surface area contributed by atoms with Gasteiger partial charge >= 0.3 is 12.2 Å². The Morgan fingerprint density at radius 3 is 2.54 bits per heavy atom. The summed E-state index contributed by atoms with van der Waals surface area (Å²) in [6.45, 7) is 3.45. The minimum atomic E-state index is -4.94. The van der Waals surface area contributed by atoms with E-state index in [0.717, 1.165) is 25.6 Å². The number of benzene rings is 1. The molecule has 4 rings (SSSR count). The van der Waals surface area contributed by atoms with Gasteiger partial charge in [-0.3, -0.25) is 14.8 Å². The minimum Gasteiger partial charge on any atom is -0.369 e. The highest BCUT2D eigenvalue weighted by molar-refractivity contribution is 6.13. The lowest BCUT2D eigenvalue weighted by atomic mass is 10.1. The van der Waals surface area contributed by atoms with Gasteiger partial charge in [-0.1, -0.05) is 0 Å². The molecule has 0 bridgehead atoms. The summed E-state index contributed by atoms with van der Waals surface area (Å²) < 4.78 is 54.1. The number of hydrogen-bond donors (Lipinski definition) is 2. The Labute approximate surface area is 216 Å². The van der Waals surface area contributed by atoms with Crippen LogP contribution < -0.4 is 15.5 Å². The molecule has 0 radical (unpaired) electrons. The number of alkyl halides is 3. The number of likely N-dealkylation sites (N-methyl/N-ethyl adjacent to an activating group) is 2. The van der Waals surface area contributed by atoms with Crippen molar-refractivity contribution in [1.29, 1.82) is 0 Å². The Kier molecular flexibility index (Phi) is 7.98. The fraction of sp³-hybridized carbons (Fsp3) is 0.391. The number of pyridine rings is 1. The second-order valence-electron chi connectivity index (χ2n) is 8.84. The Hall–Kier alpha value is -3.45. The molecule has 3 heterocycles. The lowest BCUT2D eigenvalue weighted by Gasteiger charge is -2.29. The number of carbonyl (C=O) groups excluding carboxylic acids is 2. The predicted molar refractivity (Wildman–Crippen MR) is 133 cm³/mol. The second-order valence-corrected chi connectivity index (χ2v) is 8.84. The molecule has 0 saturated carbocycles. The number of anilines is 2. The quantitative estimate of drug-likeness (QED) is 0.484. The van der Waals surface area contributed by atoms with Crippen molar-refractivity contribution in [2.75, 3.05) is 37.4 Å². The van der Waals surface area contributed by atoms with Crippen LogP contribution in [-0.4, -0.2) is 64.8 Å². The third-order valence-electron chi connectivity index (χ3n) is 6.27. The summed E-state index contributed by atoms with van der Waals surface area (Å²) in [5.41, 5.74) is 0.0278. The zero-order valence-corrected chi connectivity index (χ0v) is 21.3. The Morgan fingerprint density at radius 1 is 1.22 bits per heavy atom. The molecule has 1 aliphatic rings. The third-order valence-corrected chi connectivity index (χ3v) is 6.27. The van der Waals surface area contributed by atoms with Crippen LogP contribution in [0.15, 0.2) is 24.4 Å². The molecule has 9 nitrogen and oxygen atoms in total. The summed E-state index contributed by atoms with van der Waals surface area (Å²) in [7, 11) is 5.60. The number of amides is 3. The van der Waals surface area contributed by atoms with Crippen molar-refractivity contribution in [3.8, 4) is 0 Å². The van der Waals surface area contributed by atoms with Gasteiger partial charge in [0.1, 0.15) is 5.82 Å². The molecule has 3 aromatic rings. The molecule has 0 spiro atoms. The highest BCUT2D eigenvalue weighted by Crippen LogP contribution is 2.35. The van der Waals surface area contributed by atoms with E-state index in [-0.39, 0.29) is 29.7 Å². The molecular weight excluding hydrogens is 518 g/mol. The van der Waals surface area contributed by atoms with E-state index in [9.17, 15) is 27.2 Å². The van der Waals surface area contributed by atoms with Gasteiger partial charge in [0.25, 0.3) is 5.91 Å². The fourth-order valence-corrected chi connectivity index (χ4v) is 4.49. The van der Waals surface area contributed by atoms with Crippen LogP contribution in [0, 0.1) is 12.7 Å². The van der Waals surface area contributed by atoms with Crippen molar-refractivity contribution < 1.29 is 27.2 Å². The van der Waals surface area contributed by atoms with Crippen LogP contribution in [0.2, 0.25) is 0 Å². The summed E-state index contributed by atoms with van der Waals surface area (Å²) in [5.74, 6) is -2.27. The van der Waals surface area contributed by atoms with E-state index in [1.807, 2.05) is 19.0 Å². The lowest BCUT2D eigenvalue weighted by Crippen LogP contribution is -2.38. The molecule has 3 amide bonds. The zero-order chi connectivity index (χ0) is 26.4. The molecule has 37 heavy (non-hydrogen) atoms. The molecule has 1 saturated heterocycles. The number of likely N-dealkylation sites (tertiary alicyclic amines) is 1.